The van der Waals surface area contributed by atoms with Crippen molar-refractivity contribution in [1.82, 2.24) is 0 Å². The second-order valence-electron chi connectivity index (χ2n) is 5.36. The maximum atomic E-state index is 9.98. The highest BCUT2D eigenvalue weighted by Gasteiger charge is 2.28. The Bertz CT molecular complexity index is 422. The summed E-state index contributed by atoms with van der Waals surface area (Å²) in [7, 11) is 0. The first-order chi connectivity index (χ1) is 8.39. The van der Waals surface area contributed by atoms with Crippen LogP contribution in [0.25, 0.3) is 0 Å². The van der Waals surface area contributed by atoms with Gasteiger partial charge in [-0.2, -0.15) is 0 Å². The number of hydrogen-bond acceptors (Lipinski definition) is 3. The molecule has 1 saturated heterocycles. The molecule has 1 aliphatic rings. The largest absolute Gasteiger partial charge is 0.390 e. The summed E-state index contributed by atoms with van der Waals surface area (Å²) in [6.07, 6.45) is 1.05. The molecule has 0 bridgehead atoms. The molecule has 0 spiro atoms. The molecule has 18 heavy (non-hydrogen) atoms. The van der Waals surface area contributed by atoms with E-state index in [1.807, 2.05) is 25.1 Å². The third kappa shape index (κ3) is 3.05. The average molecular weight is 314 g/mol. The first-order valence-corrected chi connectivity index (χ1v) is 7.13. The smallest absolute Gasteiger partial charge is 0.0782 e. The number of aliphatic hydroxyl groups is 2. The Morgan fingerprint density at radius 3 is 2.50 bits per heavy atom. The van der Waals surface area contributed by atoms with Gasteiger partial charge in [-0.1, -0.05) is 15.9 Å². The Morgan fingerprint density at radius 2 is 1.94 bits per heavy atom. The van der Waals surface area contributed by atoms with E-state index < -0.39 is 11.7 Å². The molecule has 1 aliphatic heterocycles. The Labute approximate surface area is 117 Å². The van der Waals surface area contributed by atoms with Gasteiger partial charge in [0.05, 0.1) is 11.7 Å². The van der Waals surface area contributed by atoms with Gasteiger partial charge in [0.2, 0.25) is 0 Å². The van der Waals surface area contributed by atoms with Crippen LogP contribution in [0.5, 0.6) is 0 Å². The molecule has 1 aromatic carbocycles. The highest BCUT2D eigenvalue weighted by molar-refractivity contribution is 9.10. The van der Waals surface area contributed by atoms with Gasteiger partial charge in [0.1, 0.15) is 0 Å². The minimum Gasteiger partial charge on any atom is -0.390 e. The summed E-state index contributed by atoms with van der Waals surface area (Å²) in [5.41, 5.74) is 1.46. The van der Waals surface area contributed by atoms with Crippen molar-refractivity contribution in [3.05, 3.63) is 28.2 Å². The van der Waals surface area contributed by atoms with Crippen molar-refractivity contribution in [2.75, 3.05) is 18.0 Å². The fourth-order valence-corrected chi connectivity index (χ4v) is 2.76. The molecule has 2 rings (SSSR count). The molecule has 2 N–H and O–H groups in total. The first kappa shape index (κ1) is 13.8. The van der Waals surface area contributed by atoms with Crippen LogP contribution < -0.4 is 4.90 Å². The fourth-order valence-electron chi connectivity index (χ4n) is 2.38. The normalized spacial score (nSPS) is 20.8. The topological polar surface area (TPSA) is 43.7 Å². The minimum absolute atomic E-state index is 0.486. The molecule has 4 heteroatoms. The number of halogens is 1. The lowest BCUT2D eigenvalue weighted by molar-refractivity contribution is 0.0350. The highest BCUT2D eigenvalue weighted by atomic mass is 79.9. The van der Waals surface area contributed by atoms with Gasteiger partial charge in [0.25, 0.3) is 0 Å². The summed E-state index contributed by atoms with van der Waals surface area (Å²) in [5, 5.41) is 19.8. The molecule has 3 nitrogen and oxygen atoms in total. The number of nitrogens with zero attached hydrogens (tertiary/aromatic N) is 1. The predicted octanol–water partition coefficient (Wildman–Crippen LogP) is 2.85. The monoisotopic (exact) mass is 313 g/mol. The Morgan fingerprint density at radius 1 is 1.33 bits per heavy atom. The number of hydrogen-bond donors (Lipinski definition) is 2. The highest BCUT2D eigenvalue weighted by Crippen LogP contribution is 2.33. The second-order valence-corrected chi connectivity index (χ2v) is 6.28. The van der Waals surface area contributed by atoms with E-state index in [4.69, 9.17) is 0 Å². The molecular weight excluding hydrogens is 294 g/mol. The van der Waals surface area contributed by atoms with E-state index in [2.05, 4.69) is 20.8 Å². The van der Waals surface area contributed by atoms with Crippen LogP contribution in [0.4, 0.5) is 5.69 Å². The lowest BCUT2D eigenvalue weighted by atomic mass is 9.93. The molecule has 0 aliphatic carbocycles. The van der Waals surface area contributed by atoms with E-state index in [0.29, 0.717) is 0 Å². The quantitative estimate of drug-likeness (QED) is 0.882. The molecule has 0 amide bonds. The zero-order chi connectivity index (χ0) is 13.3. The fraction of sp³-hybridized carbons (Fsp3) is 0.571. The third-order valence-corrected chi connectivity index (χ3v) is 4.11. The SMILES string of the molecule is CC(O)c1cc(Br)ccc1N1CCC(C)(O)CC1. The molecule has 1 aromatic rings. The van der Waals surface area contributed by atoms with Gasteiger partial charge in [0.15, 0.2) is 0 Å². The van der Waals surface area contributed by atoms with Crippen molar-refractivity contribution < 1.29 is 10.2 Å². The van der Waals surface area contributed by atoms with Gasteiger partial charge in [-0.25, -0.2) is 0 Å². The van der Waals surface area contributed by atoms with Crippen molar-refractivity contribution in [2.24, 2.45) is 0 Å². The predicted molar refractivity (Wildman–Crippen MR) is 76.8 cm³/mol. The van der Waals surface area contributed by atoms with Crippen molar-refractivity contribution in [1.29, 1.82) is 0 Å². The lowest BCUT2D eigenvalue weighted by Gasteiger charge is -2.38. The molecule has 1 atom stereocenters. The van der Waals surface area contributed by atoms with Gasteiger partial charge in [0, 0.05) is 28.8 Å². The van der Waals surface area contributed by atoms with Crippen LogP contribution >= 0.6 is 15.9 Å². The van der Waals surface area contributed by atoms with E-state index in [-0.39, 0.29) is 0 Å². The number of anilines is 1. The third-order valence-electron chi connectivity index (χ3n) is 3.62. The van der Waals surface area contributed by atoms with Gasteiger partial charge in [-0.3, -0.25) is 0 Å². The molecule has 0 aromatic heterocycles. The van der Waals surface area contributed by atoms with Gasteiger partial charge in [-0.15, -0.1) is 0 Å². The second kappa shape index (κ2) is 5.19. The summed E-state index contributed by atoms with van der Waals surface area (Å²) >= 11 is 3.44. The van der Waals surface area contributed by atoms with E-state index >= 15 is 0 Å². The molecular formula is C14H20BrNO2. The summed E-state index contributed by atoms with van der Waals surface area (Å²) < 4.78 is 0.978. The van der Waals surface area contributed by atoms with Crippen LogP contribution in [0.3, 0.4) is 0 Å². The molecule has 1 fully saturated rings. The molecule has 0 radical (unpaired) electrons. The average Bonchev–Trinajstić information content (AvgIpc) is 2.29. The first-order valence-electron chi connectivity index (χ1n) is 6.34. The number of piperidine rings is 1. The zero-order valence-corrected chi connectivity index (χ0v) is 12.4. The standard InChI is InChI=1S/C14H20BrNO2/c1-10(17)12-9-11(15)3-4-13(12)16-7-5-14(2,18)6-8-16/h3-4,9-10,17-18H,5-8H2,1-2H3. The summed E-state index contributed by atoms with van der Waals surface area (Å²) in [6, 6.07) is 5.99. The van der Waals surface area contributed by atoms with Crippen molar-refractivity contribution in [3.8, 4) is 0 Å². The number of benzene rings is 1. The van der Waals surface area contributed by atoms with Crippen molar-refractivity contribution >= 4 is 21.6 Å². The number of aliphatic hydroxyl groups excluding tert-OH is 1. The zero-order valence-electron chi connectivity index (χ0n) is 10.9. The Balaban J connectivity index is 2.24. The molecule has 1 heterocycles. The Hall–Kier alpha value is -0.580. The van der Waals surface area contributed by atoms with Crippen molar-refractivity contribution in [3.63, 3.8) is 0 Å². The summed E-state index contributed by atoms with van der Waals surface area (Å²) in [6.45, 7) is 5.33. The summed E-state index contributed by atoms with van der Waals surface area (Å²) in [5.74, 6) is 0. The van der Waals surface area contributed by atoms with Crippen LogP contribution in [-0.4, -0.2) is 28.9 Å². The van der Waals surface area contributed by atoms with Gasteiger partial charge in [-0.05, 0) is 44.9 Å². The van der Waals surface area contributed by atoms with Crippen LogP contribution in [0.1, 0.15) is 38.4 Å². The number of rotatable bonds is 2. The molecule has 100 valence electrons. The maximum absolute atomic E-state index is 9.98. The van der Waals surface area contributed by atoms with E-state index in [1.54, 1.807) is 6.92 Å². The Kier molecular flexibility index (Phi) is 3.99. The van der Waals surface area contributed by atoms with E-state index in [1.165, 1.54) is 0 Å². The van der Waals surface area contributed by atoms with Crippen LogP contribution in [0, 0.1) is 0 Å². The van der Waals surface area contributed by atoms with Crippen LogP contribution in [0.15, 0.2) is 22.7 Å². The van der Waals surface area contributed by atoms with E-state index in [0.717, 1.165) is 41.7 Å². The molecule has 0 saturated carbocycles. The van der Waals surface area contributed by atoms with Gasteiger partial charge < -0.3 is 15.1 Å². The molecule has 1 unspecified atom stereocenters. The van der Waals surface area contributed by atoms with Crippen LogP contribution in [0.2, 0.25) is 0 Å². The van der Waals surface area contributed by atoms with Gasteiger partial charge >= 0.3 is 0 Å². The van der Waals surface area contributed by atoms with Crippen LogP contribution in [-0.2, 0) is 0 Å². The van der Waals surface area contributed by atoms with Crippen molar-refractivity contribution in [2.45, 2.75) is 38.4 Å². The maximum Gasteiger partial charge on any atom is 0.0782 e. The summed E-state index contributed by atoms with van der Waals surface area (Å²) in [4.78, 5) is 2.24. The van der Waals surface area contributed by atoms with E-state index in [9.17, 15) is 10.2 Å². The minimum atomic E-state index is -0.545. The lowest BCUT2D eigenvalue weighted by Crippen LogP contribution is -2.42.